The van der Waals surface area contributed by atoms with Crippen LogP contribution in [0.2, 0.25) is 0 Å². The molecule has 0 fully saturated rings. The highest BCUT2D eigenvalue weighted by atomic mass is 32.2. The summed E-state index contributed by atoms with van der Waals surface area (Å²) < 4.78 is 26.9. The SMILES string of the molecule is CCNS(=O)(=O)c1ccc2c(c1)N(Cc1cccc(N)c1)CC2. The van der Waals surface area contributed by atoms with Crippen molar-refractivity contribution in [2.24, 2.45) is 0 Å². The van der Waals surface area contributed by atoms with E-state index in [1.165, 1.54) is 5.56 Å². The number of nitrogens with one attached hydrogen (secondary N) is 1. The van der Waals surface area contributed by atoms with Crippen LogP contribution in [0.1, 0.15) is 18.1 Å². The Labute approximate surface area is 137 Å². The number of fused-ring (bicyclic) bond motifs is 1. The van der Waals surface area contributed by atoms with Crippen molar-refractivity contribution < 1.29 is 8.42 Å². The number of nitrogens with two attached hydrogens (primary N) is 1. The van der Waals surface area contributed by atoms with Gasteiger partial charge >= 0.3 is 0 Å². The van der Waals surface area contributed by atoms with Gasteiger partial charge < -0.3 is 10.6 Å². The van der Waals surface area contributed by atoms with Gasteiger partial charge in [-0.05, 0) is 41.8 Å². The number of sulfonamides is 1. The summed E-state index contributed by atoms with van der Waals surface area (Å²) in [6.07, 6.45) is 0.930. The van der Waals surface area contributed by atoms with Gasteiger partial charge in [0, 0.05) is 31.0 Å². The standard InChI is InChI=1S/C17H21N3O2S/c1-2-19-23(21,22)16-7-6-14-8-9-20(17(14)11-16)12-13-4-3-5-15(18)10-13/h3-7,10-11,19H,2,8-9,12,18H2,1H3. The molecule has 23 heavy (non-hydrogen) atoms. The van der Waals surface area contributed by atoms with Gasteiger partial charge in [0.1, 0.15) is 0 Å². The summed E-state index contributed by atoms with van der Waals surface area (Å²) in [5.41, 5.74) is 9.88. The van der Waals surface area contributed by atoms with E-state index < -0.39 is 10.0 Å². The van der Waals surface area contributed by atoms with E-state index in [0.717, 1.165) is 36.4 Å². The number of nitrogens with zero attached hydrogens (tertiary/aromatic N) is 1. The van der Waals surface area contributed by atoms with Crippen LogP contribution in [0, 0.1) is 0 Å². The average molecular weight is 331 g/mol. The molecule has 2 aromatic carbocycles. The summed E-state index contributed by atoms with van der Waals surface area (Å²) in [5, 5.41) is 0. The first-order chi connectivity index (χ1) is 11.0. The first-order valence-electron chi connectivity index (χ1n) is 7.71. The second-order valence-corrected chi connectivity index (χ2v) is 7.48. The highest BCUT2D eigenvalue weighted by Crippen LogP contribution is 2.31. The van der Waals surface area contributed by atoms with Crippen molar-refractivity contribution in [2.45, 2.75) is 24.8 Å². The third-order valence-electron chi connectivity index (χ3n) is 4.02. The molecule has 0 atom stereocenters. The first-order valence-corrected chi connectivity index (χ1v) is 9.20. The lowest BCUT2D eigenvalue weighted by atomic mass is 10.1. The number of nitrogen functional groups attached to an aromatic ring is 1. The van der Waals surface area contributed by atoms with Crippen molar-refractivity contribution >= 4 is 21.4 Å². The lowest BCUT2D eigenvalue weighted by Crippen LogP contribution is -2.24. The zero-order valence-corrected chi connectivity index (χ0v) is 13.9. The maximum absolute atomic E-state index is 12.2. The van der Waals surface area contributed by atoms with Crippen molar-refractivity contribution in [3.05, 3.63) is 53.6 Å². The van der Waals surface area contributed by atoms with E-state index in [2.05, 4.69) is 9.62 Å². The molecular formula is C17H21N3O2S. The van der Waals surface area contributed by atoms with Gasteiger partial charge in [-0.2, -0.15) is 0 Å². The summed E-state index contributed by atoms with van der Waals surface area (Å²) in [6.45, 7) is 3.76. The van der Waals surface area contributed by atoms with E-state index in [9.17, 15) is 8.42 Å². The van der Waals surface area contributed by atoms with Gasteiger partial charge in [-0.25, -0.2) is 13.1 Å². The summed E-state index contributed by atoms with van der Waals surface area (Å²) in [5.74, 6) is 0. The zero-order chi connectivity index (χ0) is 16.4. The van der Waals surface area contributed by atoms with Gasteiger partial charge in [-0.15, -0.1) is 0 Å². The molecule has 0 aromatic heterocycles. The molecule has 0 aliphatic carbocycles. The first kappa shape index (κ1) is 15.8. The van der Waals surface area contributed by atoms with E-state index in [1.54, 1.807) is 19.1 Å². The minimum absolute atomic E-state index is 0.317. The quantitative estimate of drug-likeness (QED) is 0.823. The van der Waals surface area contributed by atoms with E-state index >= 15 is 0 Å². The predicted octanol–water partition coefficient (Wildman–Crippen LogP) is 2.13. The molecule has 1 aliphatic heterocycles. The Balaban J connectivity index is 1.89. The van der Waals surface area contributed by atoms with E-state index in [0.29, 0.717) is 11.4 Å². The second-order valence-electron chi connectivity index (χ2n) is 5.71. The number of benzene rings is 2. The van der Waals surface area contributed by atoms with Crippen LogP contribution in [-0.2, 0) is 23.0 Å². The van der Waals surface area contributed by atoms with Gasteiger partial charge in [0.2, 0.25) is 10.0 Å². The predicted molar refractivity (Wildman–Crippen MR) is 92.9 cm³/mol. The fourth-order valence-corrected chi connectivity index (χ4v) is 4.00. The van der Waals surface area contributed by atoms with Crippen LogP contribution >= 0.6 is 0 Å². The van der Waals surface area contributed by atoms with Crippen LogP contribution in [0.5, 0.6) is 0 Å². The van der Waals surface area contributed by atoms with Crippen molar-refractivity contribution in [3.63, 3.8) is 0 Å². The summed E-state index contributed by atoms with van der Waals surface area (Å²) >= 11 is 0. The van der Waals surface area contributed by atoms with Crippen LogP contribution in [0.15, 0.2) is 47.4 Å². The number of hydrogen-bond acceptors (Lipinski definition) is 4. The smallest absolute Gasteiger partial charge is 0.240 e. The maximum atomic E-state index is 12.2. The summed E-state index contributed by atoms with van der Waals surface area (Å²) in [4.78, 5) is 2.52. The van der Waals surface area contributed by atoms with E-state index in [1.807, 2.05) is 30.3 Å². The number of rotatable bonds is 5. The molecule has 2 aromatic rings. The Bertz CT molecular complexity index is 818. The molecule has 1 aliphatic rings. The molecule has 0 spiro atoms. The molecule has 1 heterocycles. The molecule has 3 rings (SSSR count). The van der Waals surface area contributed by atoms with Crippen molar-refractivity contribution in [2.75, 3.05) is 23.7 Å². The van der Waals surface area contributed by atoms with Crippen molar-refractivity contribution in [1.82, 2.24) is 4.72 Å². The average Bonchev–Trinajstić information content (AvgIpc) is 2.90. The molecule has 0 saturated carbocycles. The molecule has 0 saturated heterocycles. The lowest BCUT2D eigenvalue weighted by Gasteiger charge is -2.20. The van der Waals surface area contributed by atoms with Crippen LogP contribution in [0.4, 0.5) is 11.4 Å². The van der Waals surface area contributed by atoms with Crippen LogP contribution in [0.25, 0.3) is 0 Å². The normalized spacial score (nSPS) is 14.0. The second kappa shape index (κ2) is 6.22. The monoisotopic (exact) mass is 331 g/mol. The number of hydrogen-bond donors (Lipinski definition) is 2. The summed E-state index contributed by atoms with van der Waals surface area (Å²) in [6, 6.07) is 13.2. The fraction of sp³-hybridized carbons (Fsp3) is 0.294. The highest BCUT2D eigenvalue weighted by molar-refractivity contribution is 7.89. The number of anilines is 2. The Hall–Kier alpha value is -2.05. The Morgan fingerprint density at radius 3 is 2.78 bits per heavy atom. The molecule has 122 valence electrons. The van der Waals surface area contributed by atoms with Crippen LogP contribution in [-0.4, -0.2) is 21.5 Å². The largest absolute Gasteiger partial charge is 0.399 e. The molecule has 0 unspecified atom stereocenters. The van der Waals surface area contributed by atoms with Gasteiger partial charge in [0.15, 0.2) is 0 Å². The van der Waals surface area contributed by atoms with Gasteiger partial charge in [-0.1, -0.05) is 25.1 Å². The molecule has 0 bridgehead atoms. The highest BCUT2D eigenvalue weighted by Gasteiger charge is 2.22. The van der Waals surface area contributed by atoms with Gasteiger partial charge in [0.25, 0.3) is 0 Å². The Morgan fingerprint density at radius 2 is 2.04 bits per heavy atom. The molecular weight excluding hydrogens is 310 g/mol. The maximum Gasteiger partial charge on any atom is 0.240 e. The molecule has 0 amide bonds. The van der Waals surface area contributed by atoms with E-state index in [-0.39, 0.29) is 0 Å². The van der Waals surface area contributed by atoms with E-state index in [4.69, 9.17) is 5.73 Å². The topological polar surface area (TPSA) is 75.4 Å². The van der Waals surface area contributed by atoms with Crippen LogP contribution in [0.3, 0.4) is 0 Å². The third kappa shape index (κ3) is 3.33. The minimum atomic E-state index is -3.43. The van der Waals surface area contributed by atoms with Crippen molar-refractivity contribution in [3.8, 4) is 0 Å². The van der Waals surface area contributed by atoms with Gasteiger partial charge in [-0.3, -0.25) is 0 Å². The molecule has 0 radical (unpaired) electrons. The Kier molecular flexibility index (Phi) is 4.28. The molecule has 5 nitrogen and oxygen atoms in total. The Morgan fingerprint density at radius 1 is 1.22 bits per heavy atom. The zero-order valence-electron chi connectivity index (χ0n) is 13.1. The minimum Gasteiger partial charge on any atom is -0.399 e. The molecule has 3 N–H and O–H groups in total. The third-order valence-corrected chi connectivity index (χ3v) is 5.56. The molecule has 6 heteroatoms. The lowest BCUT2D eigenvalue weighted by molar-refractivity contribution is 0.584. The fourth-order valence-electron chi connectivity index (χ4n) is 2.94. The van der Waals surface area contributed by atoms with Gasteiger partial charge in [0.05, 0.1) is 4.90 Å². The van der Waals surface area contributed by atoms with Crippen molar-refractivity contribution in [1.29, 1.82) is 0 Å². The van der Waals surface area contributed by atoms with Crippen LogP contribution < -0.4 is 15.4 Å². The summed E-state index contributed by atoms with van der Waals surface area (Å²) in [7, 11) is -3.43.